The summed E-state index contributed by atoms with van der Waals surface area (Å²) < 4.78 is 10.5. The van der Waals surface area contributed by atoms with Crippen molar-refractivity contribution in [2.24, 2.45) is 0 Å². The van der Waals surface area contributed by atoms with Gasteiger partial charge in [-0.1, -0.05) is 44.2 Å². The fourth-order valence-electron chi connectivity index (χ4n) is 2.43. The zero-order chi connectivity index (χ0) is 23.0. The van der Waals surface area contributed by atoms with Gasteiger partial charge >= 0.3 is 12.1 Å². The third-order valence-corrected chi connectivity index (χ3v) is 5.16. The summed E-state index contributed by atoms with van der Waals surface area (Å²) in [6.45, 7) is 9.24. The molecule has 1 atom stereocenters. The zero-order valence-electron chi connectivity index (χ0n) is 18.4. The van der Waals surface area contributed by atoms with Crippen LogP contribution in [0.15, 0.2) is 36.5 Å². The van der Waals surface area contributed by atoms with Crippen LogP contribution in [-0.2, 0) is 25.7 Å². The number of nitrogens with zero attached hydrogens (tertiary/aromatic N) is 1. The van der Waals surface area contributed by atoms with E-state index in [2.05, 4.69) is 15.6 Å². The fourth-order valence-corrected chi connectivity index (χ4v) is 3.25. The molecule has 1 heterocycles. The topological polar surface area (TPSA) is 107 Å². The predicted octanol–water partition coefficient (Wildman–Crippen LogP) is 4.23. The second-order valence-electron chi connectivity index (χ2n) is 8.26. The number of hydrogen-bond acceptors (Lipinski definition) is 7. The number of carbonyl (C=O) groups is 3. The van der Waals surface area contributed by atoms with Gasteiger partial charge in [-0.2, -0.15) is 0 Å². The van der Waals surface area contributed by atoms with Crippen molar-refractivity contribution in [1.29, 1.82) is 0 Å². The van der Waals surface area contributed by atoms with Gasteiger partial charge in [0.1, 0.15) is 18.2 Å². The number of thiazole rings is 1. The van der Waals surface area contributed by atoms with Crippen LogP contribution >= 0.6 is 11.3 Å². The number of carbonyl (C=O) groups excluding carboxylic acids is 3. The second kappa shape index (κ2) is 10.9. The predicted molar refractivity (Wildman–Crippen MR) is 119 cm³/mol. The van der Waals surface area contributed by atoms with E-state index in [1.807, 2.05) is 44.2 Å². The minimum atomic E-state index is -1.18. The fraction of sp³-hybridized carbons (Fsp3) is 0.455. The van der Waals surface area contributed by atoms with E-state index in [4.69, 9.17) is 9.47 Å². The van der Waals surface area contributed by atoms with E-state index < -0.39 is 29.6 Å². The number of esters is 1. The molecule has 0 spiro atoms. The molecule has 0 aliphatic carbocycles. The number of ether oxygens (including phenoxy) is 2. The highest BCUT2D eigenvalue weighted by Gasteiger charge is 2.28. The number of alkyl carbamates (subject to hydrolysis) is 1. The Morgan fingerprint density at radius 1 is 1.13 bits per heavy atom. The molecule has 9 heteroatoms. The molecule has 2 rings (SSSR count). The van der Waals surface area contributed by atoms with Gasteiger partial charge in [-0.25, -0.2) is 9.78 Å². The van der Waals surface area contributed by atoms with E-state index in [1.165, 1.54) is 11.3 Å². The molecule has 2 aromatic rings. The highest BCUT2D eigenvalue weighted by Crippen LogP contribution is 2.25. The molecule has 1 aromatic heterocycles. The molecule has 0 saturated heterocycles. The Hall–Kier alpha value is -2.94. The lowest BCUT2D eigenvalue weighted by Crippen LogP contribution is -2.47. The van der Waals surface area contributed by atoms with Crippen LogP contribution in [0.5, 0.6) is 0 Å². The van der Waals surface area contributed by atoms with Gasteiger partial charge in [0.05, 0.1) is 6.42 Å². The van der Waals surface area contributed by atoms with Crippen LogP contribution in [0.3, 0.4) is 0 Å². The normalized spacial score (nSPS) is 12.2. The summed E-state index contributed by atoms with van der Waals surface area (Å²) >= 11 is 1.34. The molecule has 168 valence electrons. The minimum Gasteiger partial charge on any atom is -0.461 e. The van der Waals surface area contributed by atoms with Crippen LogP contribution in [0, 0.1) is 0 Å². The summed E-state index contributed by atoms with van der Waals surface area (Å²) in [7, 11) is 0. The number of rotatable bonds is 8. The third kappa shape index (κ3) is 8.75. The van der Waals surface area contributed by atoms with Gasteiger partial charge < -0.3 is 20.1 Å². The maximum atomic E-state index is 12.8. The van der Waals surface area contributed by atoms with Crippen LogP contribution < -0.4 is 10.6 Å². The first-order chi connectivity index (χ1) is 14.5. The van der Waals surface area contributed by atoms with Crippen LogP contribution in [-0.4, -0.2) is 34.6 Å². The molecular weight excluding hydrogens is 418 g/mol. The van der Waals surface area contributed by atoms with Crippen molar-refractivity contribution >= 4 is 34.4 Å². The van der Waals surface area contributed by atoms with Crippen LogP contribution in [0.4, 0.5) is 9.93 Å². The van der Waals surface area contributed by atoms with Crippen LogP contribution in [0.25, 0.3) is 0 Å². The number of benzene rings is 1. The maximum Gasteiger partial charge on any atom is 0.408 e. The summed E-state index contributed by atoms with van der Waals surface area (Å²) in [5.74, 6) is -0.930. The van der Waals surface area contributed by atoms with Crippen molar-refractivity contribution in [1.82, 2.24) is 10.3 Å². The molecule has 0 aliphatic rings. The molecule has 2 amide bonds. The third-order valence-electron chi connectivity index (χ3n) is 3.94. The van der Waals surface area contributed by atoms with E-state index in [1.54, 1.807) is 27.0 Å². The number of amides is 2. The van der Waals surface area contributed by atoms with Crippen molar-refractivity contribution < 1.29 is 23.9 Å². The van der Waals surface area contributed by atoms with Gasteiger partial charge in [0, 0.05) is 11.1 Å². The van der Waals surface area contributed by atoms with Gasteiger partial charge in [-0.15, -0.1) is 11.3 Å². The highest BCUT2D eigenvalue weighted by atomic mass is 32.1. The monoisotopic (exact) mass is 447 g/mol. The smallest absolute Gasteiger partial charge is 0.408 e. The molecule has 31 heavy (non-hydrogen) atoms. The zero-order valence-corrected chi connectivity index (χ0v) is 19.2. The quantitative estimate of drug-likeness (QED) is 0.587. The average molecular weight is 448 g/mol. The average Bonchev–Trinajstić information content (AvgIpc) is 3.14. The lowest BCUT2D eigenvalue weighted by atomic mass is 10.2. The second-order valence-corrected chi connectivity index (χ2v) is 9.32. The summed E-state index contributed by atoms with van der Waals surface area (Å²) in [4.78, 5) is 42.5. The molecule has 8 nitrogen and oxygen atoms in total. The highest BCUT2D eigenvalue weighted by molar-refractivity contribution is 7.15. The molecule has 0 bridgehead atoms. The Labute approximate surface area is 186 Å². The number of aromatic nitrogens is 1. The van der Waals surface area contributed by atoms with Crippen molar-refractivity contribution in [3.8, 4) is 0 Å². The van der Waals surface area contributed by atoms with Gasteiger partial charge in [0.2, 0.25) is 5.91 Å². The van der Waals surface area contributed by atoms with E-state index in [-0.39, 0.29) is 18.9 Å². The molecule has 0 radical (unpaired) electrons. The van der Waals surface area contributed by atoms with Gasteiger partial charge in [0.15, 0.2) is 5.13 Å². The SMILES string of the molecule is CC(C)c1cnc(NC(=O)C(CC(=O)OCc2ccccc2)NC(=O)OC(C)(C)C)s1. The molecule has 0 saturated carbocycles. The molecule has 2 N–H and O–H groups in total. The Kier molecular flexibility index (Phi) is 8.56. The summed E-state index contributed by atoms with van der Waals surface area (Å²) in [5, 5.41) is 5.50. The number of hydrogen-bond donors (Lipinski definition) is 2. The van der Waals surface area contributed by atoms with E-state index >= 15 is 0 Å². The molecule has 1 aromatic carbocycles. The summed E-state index contributed by atoms with van der Waals surface area (Å²) in [6.07, 6.45) is 0.543. The Bertz CT molecular complexity index is 890. The molecule has 1 unspecified atom stereocenters. The summed E-state index contributed by atoms with van der Waals surface area (Å²) in [6, 6.07) is 8.01. The van der Waals surface area contributed by atoms with Crippen molar-refractivity contribution in [3.63, 3.8) is 0 Å². The van der Waals surface area contributed by atoms with Crippen molar-refractivity contribution in [2.75, 3.05) is 5.32 Å². The van der Waals surface area contributed by atoms with Gasteiger partial charge in [-0.05, 0) is 32.3 Å². The Balaban J connectivity index is 2.04. The molecule has 0 fully saturated rings. The van der Waals surface area contributed by atoms with E-state index in [0.29, 0.717) is 5.13 Å². The maximum absolute atomic E-state index is 12.8. The Morgan fingerprint density at radius 2 is 1.81 bits per heavy atom. The lowest BCUT2D eigenvalue weighted by Gasteiger charge is -2.22. The Morgan fingerprint density at radius 3 is 2.39 bits per heavy atom. The van der Waals surface area contributed by atoms with Crippen LogP contribution in [0.2, 0.25) is 0 Å². The first-order valence-electron chi connectivity index (χ1n) is 9.99. The van der Waals surface area contributed by atoms with Crippen LogP contribution in [0.1, 0.15) is 57.4 Å². The number of anilines is 1. The number of nitrogens with one attached hydrogen (secondary N) is 2. The largest absolute Gasteiger partial charge is 0.461 e. The minimum absolute atomic E-state index is 0.0741. The van der Waals surface area contributed by atoms with E-state index in [9.17, 15) is 14.4 Å². The van der Waals surface area contributed by atoms with Gasteiger partial charge in [0.25, 0.3) is 0 Å². The van der Waals surface area contributed by atoms with Crippen molar-refractivity contribution in [2.45, 2.75) is 65.2 Å². The van der Waals surface area contributed by atoms with Gasteiger partial charge in [-0.3, -0.25) is 9.59 Å². The van der Waals surface area contributed by atoms with E-state index in [0.717, 1.165) is 10.4 Å². The molecular formula is C22H29N3O5S. The lowest BCUT2D eigenvalue weighted by molar-refractivity contribution is -0.146. The first-order valence-corrected chi connectivity index (χ1v) is 10.8. The molecule has 0 aliphatic heterocycles. The first kappa shape index (κ1) is 24.3. The summed E-state index contributed by atoms with van der Waals surface area (Å²) in [5.41, 5.74) is 0.0707. The van der Waals surface area contributed by atoms with Crippen molar-refractivity contribution in [3.05, 3.63) is 47.0 Å². The standard InChI is InChI=1S/C22H29N3O5S/c1-14(2)17-12-23-20(31-17)25-19(27)16(24-21(28)30-22(3,4)5)11-18(26)29-13-15-9-7-6-8-10-15/h6-10,12,14,16H,11,13H2,1-5H3,(H,24,28)(H,23,25,27).